The summed E-state index contributed by atoms with van der Waals surface area (Å²) in [6.45, 7) is 14.3. The van der Waals surface area contributed by atoms with Crippen LogP contribution in [0.4, 0.5) is 22.0 Å². The van der Waals surface area contributed by atoms with Gasteiger partial charge in [-0.2, -0.15) is 13.2 Å². The van der Waals surface area contributed by atoms with E-state index in [1.165, 1.54) is 25.5 Å². The minimum atomic E-state index is -4.77. The van der Waals surface area contributed by atoms with Crippen LogP contribution in [0.1, 0.15) is 44.1 Å². The van der Waals surface area contributed by atoms with Crippen molar-refractivity contribution < 1.29 is 22.0 Å². The third-order valence-electron chi connectivity index (χ3n) is 4.32. The van der Waals surface area contributed by atoms with Gasteiger partial charge in [0.1, 0.15) is 5.84 Å². The largest absolute Gasteiger partial charge is 0.450 e. The van der Waals surface area contributed by atoms with Gasteiger partial charge in [-0.1, -0.05) is 32.9 Å². The number of aliphatic imine (C=N–C) groups is 2. The molecule has 0 radical (unpaired) electrons. The van der Waals surface area contributed by atoms with Crippen molar-refractivity contribution in [2.75, 3.05) is 0 Å². The van der Waals surface area contributed by atoms with Crippen molar-refractivity contribution in [1.82, 2.24) is 19.9 Å². The number of nitrogens with one attached hydrogen (secondary N) is 1. The van der Waals surface area contributed by atoms with Gasteiger partial charge in [-0.15, -0.1) is 0 Å². The van der Waals surface area contributed by atoms with Crippen molar-refractivity contribution in [2.45, 2.75) is 40.3 Å². The first-order valence-corrected chi connectivity index (χ1v) is 10.5. The summed E-state index contributed by atoms with van der Waals surface area (Å²) < 4.78 is 69.3. The highest BCUT2D eigenvalue weighted by Crippen LogP contribution is 2.34. The van der Waals surface area contributed by atoms with Crippen LogP contribution in [0.3, 0.4) is 0 Å². The fourth-order valence-electron chi connectivity index (χ4n) is 2.95. The van der Waals surface area contributed by atoms with Crippen molar-refractivity contribution in [3.63, 3.8) is 0 Å². The van der Waals surface area contributed by atoms with Crippen molar-refractivity contribution >= 4 is 35.1 Å². The second kappa shape index (κ2) is 11.5. The summed E-state index contributed by atoms with van der Waals surface area (Å²) in [5.74, 6) is -3.23. The lowest BCUT2D eigenvalue weighted by Gasteiger charge is -2.12. The summed E-state index contributed by atoms with van der Waals surface area (Å²) >= 11 is 0. The molecule has 1 N–H and O–H groups in total. The Labute approximate surface area is 199 Å². The number of alkyl halides is 3. The molecule has 0 bridgehead atoms. The van der Waals surface area contributed by atoms with E-state index in [2.05, 4.69) is 52.4 Å². The van der Waals surface area contributed by atoms with Gasteiger partial charge >= 0.3 is 6.18 Å². The van der Waals surface area contributed by atoms with Crippen LogP contribution in [-0.4, -0.2) is 27.1 Å². The zero-order valence-corrected chi connectivity index (χ0v) is 19.7. The molecule has 0 aliphatic rings. The first-order chi connectivity index (χ1) is 16.4. The zero-order chi connectivity index (χ0) is 26.3. The molecule has 1 aromatic carbocycles. The molecule has 6 nitrogen and oxygen atoms in total. The van der Waals surface area contributed by atoms with Gasteiger partial charge in [0, 0.05) is 5.70 Å². The Morgan fingerprint density at radius 1 is 1.17 bits per heavy atom. The molecule has 0 atom stereocenters. The Balaban J connectivity index is 0.00000137. The van der Waals surface area contributed by atoms with Crippen molar-refractivity contribution in [1.29, 1.82) is 0 Å². The molecule has 0 saturated heterocycles. The predicted molar refractivity (Wildman–Crippen MR) is 129 cm³/mol. The number of aromatic nitrogens is 3. The van der Waals surface area contributed by atoms with Crippen LogP contribution in [0.5, 0.6) is 0 Å². The summed E-state index contributed by atoms with van der Waals surface area (Å²) in [4.78, 5) is 14.7. The number of amidine groups is 1. The van der Waals surface area contributed by atoms with Crippen LogP contribution in [0.2, 0.25) is 0 Å². The standard InChI is InChI=1S/C21H17F5N6.C3H8/c1-11-5-6-17-16(7-11)31-20(21(24,25)26)32(17)18(27-4)10-29-13(3)30-12(2)19-14(22)8-28-9-15(19)23;1-3-2/h5-10H,2,4H2,1,3H3,(H,29,30);3H2,1-2H3/b18-10+;. The molecule has 2 aromatic heterocycles. The smallest absolute Gasteiger partial charge is 0.344 e. The van der Waals surface area contributed by atoms with Gasteiger partial charge in [-0.25, -0.2) is 23.7 Å². The molecule has 0 aliphatic carbocycles. The van der Waals surface area contributed by atoms with E-state index in [-0.39, 0.29) is 28.4 Å². The van der Waals surface area contributed by atoms with E-state index >= 15 is 0 Å². The zero-order valence-electron chi connectivity index (χ0n) is 19.7. The number of pyridine rings is 1. The number of fused-ring (bicyclic) bond motifs is 1. The maximum Gasteiger partial charge on any atom is 0.450 e. The van der Waals surface area contributed by atoms with Crippen LogP contribution in [0.15, 0.2) is 53.4 Å². The number of benzene rings is 1. The summed E-state index contributed by atoms with van der Waals surface area (Å²) in [5, 5.41) is 2.59. The molecule has 186 valence electrons. The summed E-state index contributed by atoms with van der Waals surface area (Å²) in [7, 11) is 0. The highest BCUT2D eigenvalue weighted by Gasteiger charge is 2.38. The quantitative estimate of drug-likeness (QED) is 0.248. The maximum absolute atomic E-state index is 13.8. The minimum Gasteiger partial charge on any atom is -0.344 e. The molecule has 35 heavy (non-hydrogen) atoms. The number of hydrogen-bond acceptors (Lipinski definition) is 4. The Morgan fingerprint density at radius 2 is 1.77 bits per heavy atom. The van der Waals surface area contributed by atoms with Gasteiger partial charge in [0.05, 0.1) is 35.2 Å². The molecule has 0 spiro atoms. The van der Waals surface area contributed by atoms with Gasteiger partial charge in [0.15, 0.2) is 17.5 Å². The molecule has 0 amide bonds. The second-order valence-corrected chi connectivity index (χ2v) is 7.41. The third kappa shape index (κ3) is 6.58. The number of aryl methyl sites for hydroxylation is 1. The van der Waals surface area contributed by atoms with Gasteiger partial charge in [-0.05, 0) is 38.3 Å². The van der Waals surface area contributed by atoms with Crippen LogP contribution < -0.4 is 5.32 Å². The first-order valence-electron chi connectivity index (χ1n) is 10.5. The van der Waals surface area contributed by atoms with Crippen molar-refractivity contribution in [2.24, 2.45) is 9.98 Å². The summed E-state index contributed by atoms with van der Waals surface area (Å²) in [6.07, 6.45) is -0.847. The van der Waals surface area contributed by atoms with Crippen LogP contribution >= 0.6 is 0 Å². The number of imidazole rings is 1. The molecule has 3 rings (SSSR count). The Hall–Kier alpha value is -3.89. The highest BCUT2D eigenvalue weighted by atomic mass is 19.4. The molecule has 0 aliphatic heterocycles. The maximum atomic E-state index is 13.8. The lowest BCUT2D eigenvalue weighted by atomic mass is 10.2. The average molecular weight is 492 g/mol. The molecule has 0 unspecified atom stereocenters. The van der Waals surface area contributed by atoms with E-state index in [0.29, 0.717) is 0 Å². The predicted octanol–water partition coefficient (Wildman–Crippen LogP) is 6.59. The van der Waals surface area contributed by atoms with E-state index in [1.54, 1.807) is 13.0 Å². The summed E-state index contributed by atoms with van der Waals surface area (Å²) in [6, 6.07) is 4.64. The molecular formula is C24H25F5N6. The molecule has 0 fully saturated rings. The van der Waals surface area contributed by atoms with Crippen LogP contribution in [0.25, 0.3) is 22.6 Å². The lowest BCUT2D eigenvalue weighted by molar-refractivity contribution is -0.145. The number of halogens is 5. The van der Waals surface area contributed by atoms with Crippen LogP contribution in [-0.2, 0) is 6.18 Å². The molecule has 11 heteroatoms. The Kier molecular flexibility index (Phi) is 8.99. The molecule has 2 heterocycles. The number of hydrogen-bond donors (Lipinski definition) is 1. The average Bonchev–Trinajstić information content (AvgIpc) is 3.13. The normalized spacial score (nSPS) is 12.3. The lowest BCUT2D eigenvalue weighted by Crippen LogP contribution is -2.19. The first kappa shape index (κ1) is 27.4. The van der Waals surface area contributed by atoms with Gasteiger partial charge in [-0.3, -0.25) is 9.55 Å². The van der Waals surface area contributed by atoms with E-state index in [4.69, 9.17) is 0 Å². The summed E-state index contributed by atoms with van der Waals surface area (Å²) in [5.41, 5.74) is 0.441. The van der Waals surface area contributed by atoms with Crippen molar-refractivity contribution in [3.8, 4) is 0 Å². The van der Waals surface area contributed by atoms with Gasteiger partial charge < -0.3 is 5.32 Å². The third-order valence-corrected chi connectivity index (χ3v) is 4.32. The van der Waals surface area contributed by atoms with E-state index in [1.807, 2.05) is 0 Å². The van der Waals surface area contributed by atoms with Crippen molar-refractivity contribution in [3.05, 3.63) is 72.0 Å². The Bertz CT molecular complexity index is 1270. The highest BCUT2D eigenvalue weighted by molar-refractivity contribution is 5.89. The van der Waals surface area contributed by atoms with E-state index in [0.717, 1.165) is 28.7 Å². The fourth-order valence-corrected chi connectivity index (χ4v) is 2.95. The number of nitrogens with zero attached hydrogens (tertiary/aromatic N) is 5. The van der Waals surface area contributed by atoms with Crippen LogP contribution in [0, 0.1) is 18.6 Å². The second-order valence-electron chi connectivity index (χ2n) is 7.41. The van der Waals surface area contributed by atoms with Gasteiger partial charge in [0.2, 0.25) is 5.82 Å². The Morgan fingerprint density at radius 3 is 2.31 bits per heavy atom. The fraction of sp³-hybridized carbons (Fsp3) is 0.250. The molecule has 3 aromatic rings. The monoisotopic (exact) mass is 492 g/mol. The molecular weight excluding hydrogens is 467 g/mol. The van der Waals surface area contributed by atoms with E-state index in [9.17, 15) is 22.0 Å². The molecule has 0 saturated carbocycles. The number of rotatable bonds is 5. The van der Waals surface area contributed by atoms with E-state index < -0.39 is 29.2 Å². The van der Waals surface area contributed by atoms with Gasteiger partial charge in [0.25, 0.3) is 0 Å². The minimum absolute atomic E-state index is 0.0839. The topological polar surface area (TPSA) is 67.5 Å². The SMILES string of the molecule is C=N/C(=C\N=C(C)NC(=C)c1c(F)cncc1F)n1c(C(F)(F)F)nc2cc(C)ccc21.CCC.